The second kappa shape index (κ2) is 8.79. The molecule has 2 aromatic rings. The number of amides is 1. The highest BCUT2D eigenvalue weighted by atomic mass is 32.2. The zero-order chi connectivity index (χ0) is 22.0. The minimum atomic E-state index is -1.86. The van der Waals surface area contributed by atoms with Crippen molar-refractivity contribution >= 4 is 40.0 Å². The van der Waals surface area contributed by atoms with E-state index in [1.54, 1.807) is 36.5 Å². The lowest BCUT2D eigenvalue weighted by atomic mass is 9.82. The molecule has 4 rings (SSSR count). The van der Waals surface area contributed by atoms with Crippen LogP contribution in [0.5, 0.6) is 0 Å². The van der Waals surface area contributed by atoms with Crippen molar-refractivity contribution in [2.75, 3.05) is 5.32 Å². The Morgan fingerprint density at radius 1 is 1.10 bits per heavy atom. The van der Waals surface area contributed by atoms with Gasteiger partial charge in [0.1, 0.15) is 0 Å². The van der Waals surface area contributed by atoms with Crippen molar-refractivity contribution in [2.45, 2.75) is 19.6 Å². The van der Waals surface area contributed by atoms with E-state index in [9.17, 15) is 18.6 Å². The molecule has 0 bridgehead atoms. The lowest BCUT2D eigenvalue weighted by Crippen LogP contribution is -2.41. The van der Waals surface area contributed by atoms with Crippen molar-refractivity contribution in [1.29, 1.82) is 0 Å². The number of anilines is 1. The summed E-state index contributed by atoms with van der Waals surface area (Å²) >= 11 is -1.86. The fourth-order valence-electron chi connectivity index (χ4n) is 3.65. The molecule has 0 saturated carbocycles. The van der Waals surface area contributed by atoms with Gasteiger partial charge in [-0.05, 0) is 34.9 Å². The maximum Gasteiger partial charge on any atom is 0.264 e. The Bertz CT molecular complexity index is 1110. The van der Waals surface area contributed by atoms with Crippen LogP contribution in [0.4, 0.5) is 5.69 Å². The van der Waals surface area contributed by atoms with Gasteiger partial charge in [0.05, 0.1) is 18.6 Å². The fourth-order valence-corrected chi connectivity index (χ4v) is 4.60. The minimum Gasteiger partial charge on any atom is -0.326 e. The van der Waals surface area contributed by atoms with Crippen LogP contribution in [0.2, 0.25) is 0 Å². The number of benzene rings is 2. The molecule has 0 spiro atoms. The molecule has 0 aromatic heterocycles. The second-order valence-corrected chi connectivity index (χ2v) is 8.32. The third-order valence-corrected chi connectivity index (χ3v) is 6.10. The van der Waals surface area contributed by atoms with Crippen LogP contribution in [0.3, 0.4) is 0 Å². The van der Waals surface area contributed by atoms with E-state index >= 15 is 0 Å². The largest absolute Gasteiger partial charge is 0.326 e. The molecule has 1 amide bonds. The Kier molecular flexibility index (Phi) is 5.92. The first-order chi connectivity index (χ1) is 14.9. The molecule has 0 saturated heterocycles. The number of nitrogens with zero attached hydrogens (tertiary/aromatic N) is 1. The lowest BCUT2D eigenvalue weighted by Gasteiger charge is -2.27. The van der Waals surface area contributed by atoms with Crippen molar-refractivity contribution < 1.29 is 22.8 Å². The average Bonchev–Trinajstić information content (AvgIpc) is 3.16. The second-order valence-electron chi connectivity index (χ2n) is 7.22. The van der Waals surface area contributed by atoms with Gasteiger partial charge in [0.25, 0.3) is 11.3 Å². The van der Waals surface area contributed by atoms with Crippen LogP contribution in [0.25, 0.3) is 5.57 Å². The van der Waals surface area contributed by atoms with E-state index in [1.807, 2.05) is 30.3 Å². The number of nitrogens with one attached hydrogen (secondary N) is 1. The molecule has 31 heavy (non-hydrogen) atoms. The molecule has 158 valence electrons. The van der Waals surface area contributed by atoms with Gasteiger partial charge >= 0.3 is 0 Å². The van der Waals surface area contributed by atoms with E-state index in [2.05, 4.69) is 5.32 Å². The summed E-state index contributed by atoms with van der Waals surface area (Å²) in [4.78, 5) is 36.0. The Balaban J connectivity index is 1.61. The summed E-state index contributed by atoms with van der Waals surface area (Å²) in [5, 5.41) is 2.68. The van der Waals surface area contributed by atoms with E-state index in [4.69, 9.17) is 4.18 Å². The van der Waals surface area contributed by atoms with Gasteiger partial charge in [-0.1, -0.05) is 48.5 Å². The first-order valence-corrected chi connectivity index (χ1v) is 10.7. The van der Waals surface area contributed by atoms with Gasteiger partial charge < -0.3 is 5.32 Å². The summed E-state index contributed by atoms with van der Waals surface area (Å²) in [7, 11) is 0. The number of hydrogen-bond donors (Lipinski definition) is 1. The van der Waals surface area contributed by atoms with Crippen LogP contribution in [0.15, 0.2) is 72.9 Å². The number of carbonyl (C=O) groups is 3. The van der Waals surface area contributed by atoms with E-state index in [0.29, 0.717) is 16.8 Å². The highest BCUT2D eigenvalue weighted by Crippen LogP contribution is 2.40. The standard InChI is InChI=1S/C23H20N2O5S/c1-15(26)24-18-9-7-17(8-10-18)19-13-25(20-11-12-21(27)23(28)22(19)20)31(29)30-14-16-5-3-2-4-6-16/h2-13,20,22H,14H2,1H3,(H,24,26). The predicted octanol–water partition coefficient (Wildman–Crippen LogP) is 2.79. The Labute approximate surface area is 182 Å². The molecule has 1 aliphatic heterocycles. The molecule has 2 aliphatic rings. The molecule has 7 nitrogen and oxygen atoms in total. The molecule has 0 fully saturated rings. The lowest BCUT2D eigenvalue weighted by molar-refractivity contribution is -0.136. The first-order valence-electron chi connectivity index (χ1n) is 9.67. The topological polar surface area (TPSA) is 92.8 Å². The molecule has 1 heterocycles. The summed E-state index contributed by atoms with van der Waals surface area (Å²) in [6, 6.07) is 15.7. The van der Waals surface area contributed by atoms with Gasteiger partial charge in [0.2, 0.25) is 17.5 Å². The molecule has 8 heteroatoms. The number of hydrogen-bond acceptors (Lipinski definition) is 5. The monoisotopic (exact) mass is 436 g/mol. The summed E-state index contributed by atoms with van der Waals surface area (Å²) in [6.45, 7) is 1.56. The van der Waals surface area contributed by atoms with Gasteiger partial charge in [-0.2, -0.15) is 0 Å². The SMILES string of the molecule is CC(=O)Nc1ccc(C2=CN(S(=O)OCc3ccccc3)C3C=CC(=O)C(=O)C23)cc1. The van der Waals surface area contributed by atoms with Crippen LogP contribution in [0, 0.1) is 5.92 Å². The molecule has 0 radical (unpaired) electrons. The Hall–Kier alpha value is -3.36. The van der Waals surface area contributed by atoms with Gasteiger partial charge in [0.15, 0.2) is 0 Å². The molecule has 2 aromatic carbocycles. The van der Waals surface area contributed by atoms with E-state index < -0.39 is 34.8 Å². The highest BCUT2D eigenvalue weighted by molar-refractivity contribution is 7.77. The number of ketones is 2. The van der Waals surface area contributed by atoms with Crippen molar-refractivity contribution in [3.8, 4) is 0 Å². The van der Waals surface area contributed by atoms with Crippen LogP contribution in [-0.4, -0.2) is 32.0 Å². The quantitative estimate of drug-likeness (QED) is 0.703. The van der Waals surface area contributed by atoms with Crippen LogP contribution < -0.4 is 5.32 Å². The molecule has 1 aliphatic carbocycles. The molecule has 1 N–H and O–H groups in total. The zero-order valence-corrected chi connectivity index (χ0v) is 17.5. The van der Waals surface area contributed by atoms with Crippen LogP contribution >= 0.6 is 0 Å². The number of carbonyl (C=O) groups excluding carboxylic acids is 3. The number of Topliss-reactive ketones (excluding diaryl/α,β-unsaturated/α-hetero) is 1. The third kappa shape index (κ3) is 4.40. The van der Waals surface area contributed by atoms with Crippen molar-refractivity contribution in [1.82, 2.24) is 4.31 Å². The van der Waals surface area contributed by atoms with Gasteiger partial charge in [0, 0.05) is 18.8 Å². The fraction of sp³-hybridized carbons (Fsp3) is 0.174. The van der Waals surface area contributed by atoms with E-state index in [0.717, 1.165) is 5.56 Å². The van der Waals surface area contributed by atoms with Gasteiger partial charge in [-0.3, -0.25) is 22.9 Å². The smallest absolute Gasteiger partial charge is 0.264 e. The molecular weight excluding hydrogens is 416 g/mol. The van der Waals surface area contributed by atoms with E-state index in [1.165, 1.54) is 17.3 Å². The van der Waals surface area contributed by atoms with Crippen LogP contribution in [-0.2, 0) is 36.4 Å². The van der Waals surface area contributed by atoms with Crippen molar-refractivity contribution in [3.05, 3.63) is 84.1 Å². The van der Waals surface area contributed by atoms with Crippen molar-refractivity contribution in [2.24, 2.45) is 5.92 Å². The van der Waals surface area contributed by atoms with Gasteiger partial charge in [-0.15, -0.1) is 0 Å². The van der Waals surface area contributed by atoms with Crippen LogP contribution in [0.1, 0.15) is 18.1 Å². The average molecular weight is 436 g/mol. The molecule has 3 atom stereocenters. The Morgan fingerprint density at radius 3 is 2.48 bits per heavy atom. The summed E-state index contributed by atoms with van der Waals surface area (Å²) in [5.74, 6) is -2.09. The number of rotatable bonds is 6. The number of fused-ring (bicyclic) bond motifs is 1. The molecule has 3 unspecified atom stereocenters. The predicted molar refractivity (Wildman–Crippen MR) is 116 cm³/mol. The van der Waals surface area contributed by atoms with Gasteiger partial charge in [-0.25, -0.2) is 4.21 Å². The Morgan fingerprint density at radius 2 is 1.81 bits per heavy atom. The summed E-state index contributed by atoms with van der Waals surface area (Å²) in [5.41, 5.74) is 2.76. The third-order valence-electron chi connectivity index (χ3n) is 5.09. The first kappa shape index (κ1) is 20.9. The van der Waals surface area contributed by atoms with E-state index in [-0.39, 0.29) is 12.5 Å². The number of allylic oxidation sites excluding steroid dienone is 1. The van der Waals surface area contributed by atoms with Crippen molar-refractivity contribution in [3.63, 3.8) is 0 Å². The maximum atomic E-state index is 12.9. The minimum absolute atomic E-state index is 0.145. The summed E-state index contributed by atoms with van der Waals surface area (Å²) < 4.78 is 19.9. The zero-order valence-electron chi connectivity index (χ0n) is 16.7. The summed E-state index contributed by atoms with van der Waals surface area (Å²) in [6.07, 6.45) is 4.43. The maximum absolute atomic E-state index is 12.9. The molecular formula is C23H20N2O5S. The highest BCUT2D eigenvalue weighted by Gasteiger charge is 2.45. The normalized spacial score (nSPS) is 20.9.